The molecule has 3 N–H and O–H groups in total. The van der Waals surface area contributed by atoms with Gasteiger partial charge >= 0.3 is 12.2 Å². The molecule has 0 aromatic rings. The molecular weight excluding hydrogens is 492 g/mol. The number of carbonyl (C=O) groups excluding carboxylic acids is 2. The Hall–Kier alpha value is -1.31. The zero-order valence-corrected chi connectivity index (χ0v) is 18.2. The highest BCUT2D eigenvalue weighted by Crippen LogP contribution is 2.23. The molecule has 12 heteroatoms. The number of hydrogen-bond donors (Lipinski definition) is 3. The lowest BCUT2D eigenvalue weighted by atomic mass is 9.93. The number of carbonyl (C=O) groups is 2. The standard InChI is InChI=1S/C16H27F3N6O2.HI/c1-20-14(22-6-9-25-13(26)10-23-15(25)27)21-5-2-12-3-7-24(8-4-12)11-16(17,18)19;/h12H,2-11H2,1H3,(H,23,27)(H2,20,21,22);1H. The molecule has 0 saturated carbocycles. The topological polar surface area (TPSA) is 89.1 Å². The van der Waals surface area contributed by atoms with Gasteiger partial charge in [0.2, 0.25) is 5.91 Å². The van der Waals surface area contributed by atoms with Crippen LogP contribution in [0.5, 0.6) is 0 Å². The summed E-state index contributed by atoms with van der Waals surface area (Å²) in [6.45, 7) is 1.45. The number of imide groups is 1. The summed E-state index contributed by atoms with van der Waals surface area (Å²) in [5, 5.41) is 8.65. The summed E-state index contributed by atoms with van der Waals surface area (Å²) in [5.41, 5.74) is 0. The third-order valence-corrected chi connectivity index (χ3v) is 4.74. The quantitative estimate of drug-likeness (QED) is 0.202. The molecule has 0 radical (unpaired) electrons. The van der Waals surface area contributed by atoms with Crippen molar-refractivity contribution >= 4 is 41.9 Å². The van der Waals surface area contributed by atoms with Gasteiger partial charge in [0.15, 0.2) is 5.96 Å². The van der Waals surface area contributed by atoms with Crippen molar-refractivity contribution in [3.8, 4) is 0 Å². The average molecular weight is 520 g/mol. The maximum atomic E-state index is 12.4. The number of nitrogens with one attached hydrogen (secondary N) is 3. The molecule has 2 heterocycles. The van der Waals surface area contributed by atoms with Gasteiger partial charge in [0, 0.05) is 26.7 Å². The van der Waals surface area contributed by atoms with Crippen molar-refractivity contribution in [3.05, 3.63) is 0 Å². The maximum Gasteiger partial charge on any atom is 0.401 e. The first-order valence-electron chi connectivity index (χ1n) is 9.10. The molecule has 0 aromatic heterocycles. The molecule has 28 heavy (non-hydrogen) atoms. The van der Waals surface area contributed by atoms with Crippen LogP contribution in [0.2, 0.25) is 0 Å². The molecule has 3 amide bonds. The first-order chi connectivity index (χ1) is 12.8. The molecule has 0 spiro atoms. The summed E-state index contributed by atoms with van der Waals surface area (Å²) >= 11 is 0. The lowest BCUT2D eigenvalue weighted by Crippen LogP contribution is -2.44. The van der Waals surface area contributed by atoms with Gasteiger partial charge in [0.25, 0.3) is 0 Å². The van der Waals surface area contributed by atoms with E-state index in [0.717, 1.165) is 24.2 Å². The summed E-state index contributed by atoms with van der Waals surface area (Å²) < 4.78 is 37.2. The number of rotatable bonds is 7. The number of piperidine rings is 1. The van der Waals surface area contributed by atoms with Gasteiger partial charge in [-0.15, -0.1) is 24.0 Å². The minimum Gasteiger partial charge on any atom is -0.356 e. The molecule has 2 aliphatic heterocycles. The lowest BCUT2D eigenvalue weighted by Gasteiger charge is -2.32. The SMILES string of the molecule is CN=C(NCCC1CCN(CC(F)(F)F)CC1)NCCN1C(=O)CNC1=O.I. The number of guanidine groups is 1. The zero-order chi connectivity index (χ0) is 19.9. The second kappa shape index (κ2) is 11.6. The van der Waals surface area contributed by atoms with E-state index in [-0.39, 0.29) is 49.0 Å². The summed E-state index contributed by atoms with van der Waals surface area (Å²) in [6, 6.07) is -0.387. The lowest BCUT2D eigenvalue weighted by molar-refractivity contribution is -0.148. The molecule has 2 fully saturated rings. The minimum absolute atomic E-state index is 0. The average Bonchev–Trinajstić information content (AvgIpc) is 2.92. The third-order valence-electron chi connectivity index (χ3n) is 4.74. The highest BCUT2D eigenvalue weighted by Gasteiger charge is 2.32. The van der Waals surface area contributed by atoms with Crippen LogP contribution in [0.25, 0.3) is 0 Å². The van der Waals surface area contributed by atoms with Crippen molar-refractivity contribution in [1.29, 1.82) is 0 Å². The van der Waals surface area contributed by atoms with Gasteiger partial charge in [0.05, 0.1) is 13.1 Å². The van der Waals surface area contributed by atoms with Crippen molar-refractivity contribution < 1.29 is 22.8 Å². The van der Waals surface area contributed by atoms with Crippen molar-refractivity contribution in [2.24, 2.45) is 10.9 Å². The predicted octanol–water partition coefficient (Wildman–Crippen LogP) is 0.986. The van der Waals surface area contributed by atoms with Gasteiger partial charge in [-0.3, -0.25) is 19.6 Å². The number of halogens is 4. The monoisotopic (exact) mass is 520 g/mol. The summed E-state index contributed by atoms with van der Waals surface area (Å²) in [6.07, 6.45) is -1.76. The molecule has 0 bridgehead atoms. The molecule has 162 valence electrons. The fourth-order valence-corrected chi connectivity index (χ4v) is 3.27. The van der Waals surface area contributed by atoms with E-state index in [2.05, 4.69) is 20.9 Å². The van der Waals surface area contributed by atoms with Crippen LogP contribution in [0.3, 0.4) is 0 Å². The number of urea groups is 1. The van der Waals surface area contributed by atoms with E-state index in [0.29, 0.717) is 38.1 Å². The first-order valence-corrected chi connectivity index (χ1v) is 9.10. The highest BCUT2D eigenvalue weighted by atomic mass is 127. The normalized spacial score (nSPS) is 19.4. The van der Waals surface area contributed by atoms with E-state index in [1.54, 1.807) is 7.05 Å². The molecule has 2 saturated heterocycles. The summed E-state index contributed by atoms with van der Waals surface area (Å²) in [7, 11) is 1.62. The van der Waals surface area contributed by atoms with Gasteiger partial charge in [-0.2, -0.15) is 13.2 Å². The predicted molar refractivity (Wildman–Crippen MR) is 110 cm³/mol. The Morgan fingerprint density at radius 1 is 1.21 bits per heavy atom. The first kappa shape index (κ1) is 24.7. The van der Waals surface area contributed by atoms with Crippen molar-refractivity contribution in [2.45, 2.75) is 25.4 Å². The molecule has 8 nitrogen and oxygen atoms in total. The third kappa shape index (κ3) is 8.37. The highest BCUT2D eigenvalue weighted by molar-refractivity contribution is 14.0. The Balaban J connectivity index is 0.00000392. The second-order valence-corrected chi connectivity index (χ2v) is 6.75. The minimum atomic E-state index is -4.13. The fraction of sp³-hybridized carbons (Fsp3) is 0.812. The van der Waals surface area contributed by atoms with Crippen LogP contribution in [0.4, 0.5) is 18.0 Å². The van der Waals surface area contributed by atoms with Crippen molar-refractivity contribution in [3.63, 3.8) is 0 Å². The second-order valence-electron chi connectivity index (χ2n) is 6.75. The van der Waals surface area contributed by atoms with Crippen molar-refractivity contribution in [2.75, 3.05) is 52.9 Å². The Morgan fingerprint density at radius 3 is 2.39 bits per heavy atom. The Labute approximate surface area is 179 Å². The number of likely N-dealkylation sites (tertiary alicyclic amines) is 1. The molecule has 2 aliphatic rings. The van der Waals surface area contributed by atoms with E-state index in [4.69, 9.17) is 0 Å². The molecule has 0 aromatic carbocycles. The molecule has 0 unspecified atom stereocenters. The van der Waals surface area contributed by atoms with Crippen LogP contribution >= 0.6 is 24.0 Å². The summed E-state index contributed by atoms with van der Waals surface area (Å²) in [4.78, 5) is 29.6. The van der Waals surface area contributed by atoms with Gasteiger partial charge in [0.1, 0.15) is 0 Å². The van der Waals surface area contributed by atoms with E-state index in [1.165, 1.54) is 4.90 Å². The largest absolute Gasteiger partial charge is 0.401 e. The molecule has 0 aliphatic carbocycles. The van der Waals surface area contributed by atoms with E-state index in [1.807, 2.05) is 0 Å². The smallest absolute Gasteiger partial charge is 0.356 e. The van der Waals surface area contributed by atoms with Crippen LogP contribution in [0, 0.1) is 5.92 Å². The Morgan fingerprint density at radius 2 is 1.86 bits per heavy atom. The van der Waals surface area contributed by atoms with Crippen LogP contribution in [0.1, 0.15) is 19.3 Å². The zero-order valence-electron chi connectivity index (χ0n) is 15.8. The van der Waals surface area contributed by atoms with Crippen LogP contribution < -0.4 is 16.0 Å². The maximum absolute atomic E-state index is 12.4. The van der Waals surface area contributed by atoms with E-state index < -0.39 is 12.7 Å². The van der Waals surface area contributed by atoms with Gasteiger partial charge < -0.3 is 16.0 Å². The number of amides is 3. The molecule has 2 rings (SSSR count). The number of nitrogens with zero attached hydrogens (tertiary/aromatic N) is 3. The van der Waals surface area contributed by atoms with Crippen molar-refractivity contribution in [1.82, 2.24) is 25.8 Å². The Kier molecular flexibility index (Phi) is 10.3. The van der Waals surface area contributed by atoms with Gasteiger partial charge in [-0.25, -0.2) is 4.79 Å². The number of hydrogen-bond acceptors (Lipinski definition) is 4. The van der Waals surface area contributed by atoms with E-state index >= 15 is 0 Å². The van der Waals surface area contributed by atoms with Gasteiger partial charge in [-0.05, 0) is 38.3 Å². The fourth-order valence-electron chi connectivity index (χ4n) is 3.27. The van der Waals surface area contributed by atoms with Gasteiger partial charge in [-0.1, -0.05) is 0 Å². The summed E-state index contributed by atoms with van der Waals surface area (Å²) in [5.74, 6) is 0.712. The number of alkyl halides is 3. The van der Waals surface area contributed by atoms with Crippen LogP contribution in [-0.2, 0) is 4.79 Å². The van der Waals surface area contributed by atoms with E-state index in [9.17, 15) is 22.8 Å². The van der Waals surface area contributed by atoms with Crippen LogP contribution in [-0.4, -0.2) is 86.7 Å². The van der Waals surface area contributed by atoms with Crippen LogP contribution in [0.15, 0.2) is 4.99 Å². The Bertz CT molecular complexity index is 537. The molecule has 0 atom stereocenters. The number of aliphatic imine (C=N–C) groups is 1. The molecular formula is C16H28F3IN6O2.